The fourth-order valence-electron chi connectivity index (χ4n) is 8.10. The highest BCUT2D eigenvalue weighted by molar-refractivity contribution is 6.00. The summed E-state index contributed by atoms with van der Waals surface area (Å²) < 4.78 is 52.2. The van der Waals surface area contributed by atoms with Crippen LogP contribution < -0.4 is 9.64 Å². The van der Waals surface area contributed by atoms with E-state index in [2.05, 4.69) is 19.8 Å². The number of halogens is 3. The topological polar surface area (TPSA) is 74.6 Å². The van der Waals surface area contributed by atoms with E-state index in [0.717, 1.165) is 32.5 Å². The summed E-state index contributed by atoms with van der Waals surface area (Å²) in [6.45, 7) is 3.10. The Balaban J connectivity index is 1.26. The maximum atomic E-state index is 16.6. The van der Waals surface area contributed by atoms with Gasteiger partial charge in [-0.05, 0) is 74.1 Å². The van der Waals surface area contributed by atoms with Crippen LogP contribution in [0.25, 0.3) is 32.9 Å². The maximum absolute atomic E-state index is 16.6. The Morgan fingerprint density at radius 2 is 1.90 bits per heavy atom. The van der Waals surface area contributed by atoms with Crippen LogP contribution in [0.1, 0.15) is 38.5 Å². The Bertz CT molecular complexity index is 1710. The predicted octanol–water partition coefficient (Wildman–Crippen LogP) is 6.02. The van der Waals surface area contributed by atoms with Gasteiger partial charge in [-0.3, -0.25) is 9.88 Å². The lowest BCUT2D eigenvalue weighted by molar-refractivity contribution is 0.107. The summed E-state index contributed by atoms with van der Waals surface area (Å²) in [4.78, 5) is 18.2. The smallest absolute Gasteiger partial charge is 0.319 e. The molecule has 3 saturated heterocycles. The Morgan fingerprint density at radius 1 is 1.07 bits per heavy atom. The highest BCUT2D eigenvalue weighted by atomic mass is 19.1. The average molecular weight is 576 g/mol. The number of nitrogens with zero attached hydrogens (tertiary/aromatic N) is 5. The average Bonchev–Trinajstić information content (AvgIpc) is 3.61. The number of hydrogen-bond acceptors (Lipinski definition) is 7. The fraction of sp³-hybridized carbons (Fsp3) is 0.469. The zero-order chi connectivity index (χ0) is 28.6. The second kappa shape index (κ2) is 9.69. The molecule has 5 heterocycles. The van der Waals surface area contributed by atoms with Crippen LogP contribution in [0.15, 0.2) is 36.5 Å². The van der Waals surface area contributed by atoms with Crippen molar-refractivity contribution in [3.63, 3.8) is 0 Å². The molecule has 8 rings (SSSR count). The van der Waals surface area contributed by atoms with Gasteiger partial charge in [0.25, 0.3) is 0 Å². The van der Waals surface area contributed by atoms with E-state index < -0.39 is 23.3 Å². The molecule has 1 aliphatic carbocycles. The lowest BCUT2D eigenvalue weighted by Crippen LogP contribution is -2.43. The molecule has 1 saturated carbocycles. The lowest BCUT2D eigenvalue weighted by Gasteiger charge is -2.34. The molecular formula is C32H32F3N5O2. The summed E-state index contributed by atoms with van der Waals surface area (Å²) in [6.07, 6.45) is 6.40. The standard InChI is InChI=1S/C32H32F3N5O2/c33-21-12-32(7-2-8-40(32)16-21)17-42-31-37-29-24(30(38-31)39-14-18-5-6-19(9-18)15-39)13-36-28(27(29)35)23-11-22(41)10-20-3-1-4-25(34)26(20)23/h1,3-4,10-11,13,18-19,21,41H,2,5-9,12,14-17H2. The minimum atomic E-state index is -0.894. The van der Waals surface area contributed by atoms with Crippen molar-refractivity contribution in [1.82, 2.24) is 19.9 Å². The van der Waals surface area contributed by atoms with E-state index in [1.165, 1.54) is 37.5 Å². The van der Waals surface area contributed by atoms with E-state index in [0.29, 0.717) is 41.4 Å². The van der Waals surface area contributed by atoms with Gasteiger partial charge in [0.1, 0.15) is 41.4 Å². The van der Waals surface area contributed by atoms with Gasteiger partial charge in [0.05, 0.1) is 10.9 Å². The van der Waals surface area contributed by atoms with E-state index in [4.69, 9.17) is 9.72 Å². The van der Waals surface area contributed by atoms with Crippen LogP contribution >= 0.6 is 0 Å². The molecule has 0 amide bonds. The van der Waals surface area contributed by atoms with Crippen molar-refractivity contribution in [2.24, 2.45) is 11.8 Å². The number of alkyl halides is 1. The number of aromatic hydroxyl groups is 1. The number of phenols is 1. The molecule has 4 aliphatic rings. The SMILES string of the molecule is Oc1cc(-c2ncc3c(N4CC5CCC(C5)C4)nc(OCC45CCCN4CC(F)C5)nc3c2F)c2c(F)cccc2c1. The van der Waals surface area contributed by atoms with Gasteiger partial charge in [-0.2, -0.15) is 9.97 Å². The van der Waals surface area contributed by atoms with E-state index >= 15 is 8.78 Å². The Labute approximate surface area is 241 Å². The number of phenolic OH excluding ortho intramolecular Hbond substituents is 1. The maximum Gasteiger partial charge on any atom is 0.319 e. The third-order valence-corrected chi connectivity index (χ3v) is 9.95. The zero-order valence-electron chi connectivity index (χ0n) is 23.2. The molecule has 7 nitrogen and oxygen atoms in total. The molecule has 0 radical (unpaired) electrons. The third kappa shape index (κ3) is 4.17. The van der Waals surface area contributed by atoms with Gasteiger partial charge in [-0.25, -0.2) is 13.2 Å². The number of piperidine rings is 1. The number of rotatable bonds is 5. The highest BCUT2D eigenvalue weighted by Gasteiger charge is 2.49. The molecule has 2 aromatic carbocycles. The van der Waals surface area contributed by atoms with Crippen LogP contribution in [-0.4, -0.2) is 69.5 Å². The van der Waals surface area contributed by atoms with Crippen molar-refractivity contribution in [2.45, 2.75) is 50.2 Å². The molecular weight excluding hydrogens is 543 g/mol. The Hall–Kier alpha value is -3.66. The van der Waals surface area contributed by atoms with Crippen LogP contribution in [-0.2, 0) is 0 Å². The molecule has 2 aromatic heterocycles. The quantitative estimate of drug-likeness (QED) is 0.312. The Morgan fingerprint density at radius 3 is 2.74 bits per heavy atom. The predicted molar refractivity (Wildman–Crippen MR) is 153 cm³/mol. The van der Waals surface area contributed by atoms with Gasteiger partial charge in [-0.1, -0.05) is 12.1 Å². The van der Waals surface area contributed by atoms with Crippen LogP contribution in [0.3, 0.4) is 0 Å². The van der Waals surface area contributed by atoms with E-state index in [-0.39, 0.29) is 40.5 Å². The first-order valence-corrected chi connectivity index (χ1v) is 14.9. The number of pyridine rings is 1. The summed E-state index contributed by atoms with van der Waals surface area (Å²) in [5.41, 5.74) is -0.343. The molecule has 4 unspecified atom stereocenters. The minimum absolute atomic E-state index is 0.0290. The number of ether oxygens (including phenoxy) is 1. The summed E-state index contributed by atoms with van der Waals surface area (Å²) in [6, 6.07) is 7.31. The molecule has 42 heavy (non-hydrogen) atoms. The molecule has 4 aromatic rings. The van der Waals surface area contributed by atoms with Gasteiger partial charge < -0.3 is 14.7 Å². The van der Waals surface area contributed by atoms with Gasteiger partial charge in [0.2, 0.25) is 0 Å². The van der Waals surface area contributed by atoms with Gasteiger partial charge in [-0.15, -0.1) is 0 Å². The molecule has 3 aliphatic heterocycles. The molecule has 0 spiro atoms. The van der Waals surface area contributed by atoms with Crippen molar-refractivity contribution in [1.29, 1.82) is 0 Å². The normalized spacial score (nSPS) is 27.3. The van der Waals surface area contributed by atoms with Crippen molar-refractivity contribution in [2.75, 3.05) is 37.7 Å². The highest BCUT2D eigenvalue weighted by Crippen LogP contribution is 2.43. The van der Waals surface area contributed by atoms with Crippen molar-refractivity contribution in [3.8, 4) is 23.0 Å². The zero-order valence-corrected chi connectivity index (χ0v) is 23.2. The first-order valence-electron chi connectivity index (χ1n) is 14.9. The van der Waals surface area contributed by atoms with E-state index in [1.54, 1.807) is 18.3 Å². The summed E-state index contributed by atoms with van der Waals surface area (Å²) >= 11 is 0. The molecule has 2 bridgehead atoms. The molecule has 10 heteroatoms. The molecule has 4 atom stereocenters. The first kappa shape index (κ1) is 26.0. The molecule has 1 N–H and O–H groups in total. The lowest BCUT2D eigenvalue weighted by atomic mass is 9.95. The van der Waals surface area contributed by atoms with Crippen molar-refractivity contribution >= 4 is 27.5 Å². The third-order valence-electron chi connectivity index (χ3n) is 9.95. The van der Waals surface area contributed by atoms with Gasteiger partial charge in [0, 0.05) is 43.2 Å². The fourth-order valence-corrected chi connectivity index (χ4v) is 8.10. The van der Waals surface area contributed by atoms with Gasteiger partial charge in [0.15, 0.2) is 5.82 Å². The number of aromatic nitrogens is 3. The van der Waals surface area contributed by atoms with Crippen molar-refractivity contribution in [3.05, 3.63) is 48.2 Å². The first-order chi connectivity index (χ1) is 20.4. The number of fused-ring (bicyclic) bond motifs is 5. The Kier molecular flexibility index (Phi) is 6.00. The number of anilines is 1. The van der Waals surface area contributed by atoms with E-state index in [1.807, 2.05) is 0 Å². The summed E-state index contributed by atoms with van der Waals surface area (Å²) in [5.74, 6) is 0.297. The molecule has 4 fully saturated rings. The van der Waals surface area contributed by atoms with Crippen molar-refractivity contribution < 1.29 is 23.0 Å². The summed E-state index contributed by atoms with van der Waals surface area (Å²) in [5, 5.41) is 11.5. The van der Waals surface area contributed by atoms with Crippen LogP contribution in [0.5, 0.6) is 11.8 Å². The van der Waals surface area contributed by atoms with Crippen LogP contribution in [0.4, 0.5) is 19.0 Å². The van der Waals surface area contributed by atoms with E-state index in [9.17, 15) is 9.50 Å². The van der Waals surface area contributed by atoms with Crippen LogP contribution in [0, 0.1) is 23.5 Å². The monoisotopic (exact) mass is 575 g/mol. The van der Waals surface area contributed by atoms with Crippen LogP contribution in [0.2, 0.25) is 0 Å². The van der Waals surface area contributed by atoms with Gasteiger partial charge >= 0.3 is 6.01 Å². The number of hydrogen-bond donors (Lipinski definition) is 1. The minimum Gasteiger partial charge on any atom is -0.508 e. The number of benzene rings is 2. The largest absolute Gasteiger partial charge is 0.508 e. The second-order valence-electron chi connectivity index (χ2n) is 12.7. The molecule has 218 valence electrons. The second-order valence-corrected chi connectivity index (χ2v) is 12.7. The summed E-state index contributed by atoms with van der Waals surface area (Å²) in [7, 11) is 0.